The molecular weight excluding hydrogens is 286 g/mol. The second kappa shape index (κ2) is 7.27. The minimum atomic E-state index is -0.0477. The molecule has 0 radical (unpaired) electrons. The van der Waals surface area contributed by atoms with Gasteiger partial charge >= 0.3 is 0 Å². The third kappa shape index (κ3) is 5.40. The van der Waals surface area contributed by atoms with E-state index >= 15 is 0 Å². The van der Waals surface area contributed by atoms with Crippen LogP contribution < -0.4 is 5.32 Å². The summed E-state index contributed by atoms with van der Waals surface area (Å²) in [6.07, 6.45) is 6.40. The van der Waals surface area contributed by atoms with E-state index < -0.39 is 0 Å². The predicted molar refractivity (Wildman–Crippen MR) is 94.2 cm³/mol. The van der Waals surface area contributed by atoms with Crippen molar-refractivity contribution in [3.63, 3.8) is 0 Å². The number of rotatable bonds is 5. The Morgan fingerprint density at radius 2 is 1.87 bits per heavy atom. The Hall–Kier alpha value is -2.36. The highest BCUT2D eigenvalue weighted by Crippen LogP contribution is 2.23. The molecule has 0 unspecified atom stereocenters. The lowest BCUT2D eigenvalue weighted by Gasteiger charge is -2.14. The van der Waals surface area contributed by atoms with Crippen LogP contribution in [-0.4, -0.2) is 22.4 Å². The molecule has 122 valence electrons. The van der Waals surface area contributed by atoms with Gasteiger partial charge in [-0.2, -0.15) is 0 Å². The van der Waals surface area contributed by atoms with Crippen LogP contribution in [0, 0.1) is 5.41 Å². The van der Waals surface area contributed by atoms with Gasteiger partial charge in [0.2, 0.25) is 0 Å². The van der Waals surface area contributed by atoms with Gasteiger partial charge in [-0.3, -0.25) is 4.79 Å². The fraction of sp³-hybridized carbons (Fsp3) is 0.368. The van der Waals surface area contributed by atoms with Gasteiger partial charge in [0, 0.05) is 30.4 Å². The van der Waals surface area contributed by atoms with Crippen LogP contribution in [0.5, 0.6) is 0 Å². The molecule has 0 saturated heterocycles. The summed E-state index contributed by atoms with van der Waals surface area (Å²) in [5, 5.41) is 2.92. The van der Waals surface area contributed by atoms with Crippen LogP contribution in [-0.2, 0) is 6.42 Å². The lowest BCUT2D eigenvalue weighted by Crippen LogP contribution is -2.25. The van der Waals surface area contributed by atoms with Crippen molar-refractivity contribution in [3.8, 4) is 0 Å². The molecule has 0 bridgehead atoms. The maximum atomic E-state index is 12.1. The number of nitrogens with one attached hydrogen (secondary N) is 2. The summed E-state index contributed by atoms with van der Waals surface area (Å²) in [6.45, 7) is 9.23. The number of carbonyl (C=O) groups excluding carboxylic acids is 1. The van der Waals surface area contributed by atoms with Gasteiger partial charge in [0.05, 0.1) is 6.33 Å². The first kappa shape index (κ1) is 17.0. The number of aromatic amines is 1. The summed E-state index contributed by atoms with van der Waals surface area (Å²) in [6, 6.07) is 7.75. The normalized spacial score (nSPS) is 12.3. The van der Waals surface area contributed by atoms with Gasteiger partial charge in [-0.1, -0.05) is 39.0 Å². The van der Waals surface area contributed by atoms with Gasteiger partial charge < -0.3 is 10.3 Å². The van der Waals surface area contributed by atoms with Gasteiger partial charge in [0.15, 0.2) is 0 Å². The molecule has 1 aromatic carbocycles. The maximum Gasteiger partial charge on any atom is 0.251 e. The topological polar surface area (TPSA) is 57.8 Å². The molecule has 4 nitrogen and oxygen atoms in total. The molecule has 0 spiro atoms. The summed E-state index contributed by atoms with van der Waals surface area (Å²) < 4.78 is 0. The number of amides is 1. The summed E-state index contributed by atoms with van der Waals surface area (Å²) in [5.74, 6) is -0.0477. The standard InChI is InChI=1S/C19H25N3O/c1-14(11-19(2,3)4)15-5-7-16(8-6-15)18(23)21-10-9-17-12-20-13-22-17/h5-8,11-13H,9-10H2,1-4H3,(H,20,22)(H,21,23)/b14-11+. The van der Waals surface area contributed by atoms with E-state index in [9.17, 15) is 4.79 Å². The van der Waals surface area contributed by atoms with E-state index in [4.69, 9.17) is 0 Å². The second-order valence-electron chi connectivity index (χ2n) is 6.85. The van der Waals surface area contributed by atoms with E-state index in [1.807, 2.05) is 24.3 Å². The number of hydrogen-bond acceptors (Lipinski definition) is 2. The van der Waals surface area contributed by atoms with Crippen LogP contribution in [0.4, 0.5) is 0 Å². The number of aromatic nitrogens is 2. The van der Waals surface area contributed by atoms with Gasteiger partial charge in [0.1, 0.15) is 0 Å². The van der Waals surface area contributed by atoms with Crippen LogP contribution in [0.25, 0.3) is 5.57 Å². The quantitative estimate of drug-likeness (QED) is 0.881. The minimum absolute atomic E-state index is 0.0477. The Kier molecular flexibility index (Phi) is 5.37. The average Bonchev–Trinajstić information content (AvgIpc) is 2.99. The van der Waals surface area contributed by atoms with Crippen molar-refractivity contribution in [1.29, 1.82) is 0 Å². The van der Waals surface area contributed by atoms with Gasteiger partial charge in [-0.25, -0.2) is 4.98 Å². The zero-order valence-corrected chi connectivity index (χ0v) is 14.3. The van der Waals surface area contributed by atoms with Crippen LogP contribution in [0.1, 0.15) is 49.3 Å². The van der Waals surface area contributed by atoms with Crippen LogP contribution in [0.15, 0.2) is 42.9 Å². The van der Waals surface area contributed by atoms with Crippen molar-refractivity contribution in [1.82, 2.24) is 15.3 Å². The Labute approximate surface area is 138 Å². The van der Waals surface area contributed by atoms with E-state index in [0.29, 0.717) is 12.1 Å². The van der Waals surface area contributed by atoms with E-state index in [-0.39, 0.29) is 11.3 Å². The lowest BCUT2D eigenvalue weighted by molar-refractivity contribution is 0.0954. The third-order valence-electron chi connectivity index (χ3n) is 3.49. The molecule has 1 heterocycles. The maximum absolute atomic E-state index is 12.1. The predicted octanol–water partition coefficient (Wildman–Crippen LogP) is 3.83. The SMILES string of the molecule is C/C(=C\C(C)(C)C)c1ccc(C(=O)NCCc2cnc[nH]2)cc1. The van der Waals surface area contributed by atoms with Gasteiger partial charge in [0.25, 0.3) is 5.91 Å². The number of imidazole rings is 1. The Morgan fingerprint density at radius 3 is 2.43 bits per heavy atom. The number of H-pyrrole nitrogens is 1. The van der Waals surface area contributed by atoms with Gasteiger partial charge in [-0.15, -0.1) is 0 Å². The monoisotopic (exact) mass is 311 g/mol. The van der Waals surface area contributed by atoms with Crippen LogP contribution >= 0.6 is 0 Å². The zero-order valence-electron chi connectivity index (χ0n) is 14.3. The number of carbonyl (C=O) groups is 1. The van der Waals surface area contributed by atoms with E-state index in [1.165, 1.54) is 5.57 Å². The van der Waals surface area contributed by atoms with Crippen molar-refractivity contribution >= 4 is 11.5 Å². The number of benzene rings is 1. The second-order valence-corrected chi connectivity index (χ2v) is 6.85. The molecule has 0 aliphatic rings. The van der Waals surface area contributed by atoms with Crippen LogP contribution in [0.3, 0.4) is 0 Å². The third-order valence-corrected chi connectivity index (χ3v) is 3.49. The Balaban J connectivity index is 1.93. The molecule has 0 saturated carbocycles. The summed E-state index contributed by atoms with van der Waals surface area (Å²) in [5.41, 5.74) is 4.22. The molecule has 0 atom stereocenters. The van der Waals surface area contributed by atoms with Crippen molar-refractivity contribution in [2.75, 3.05) is 6.54 Å². The summed E-state index contributed by atoms with van der Waals surface area (Å²) in [4.78, 5) is 19.1. The zero-order chi connectivity index (χ0) is 16.9. The molecular formula is C19H25N3O. The first-order valence-corrected chi connectivity index (χ1v) is 7.90. The summed E-state index contributed by atoms with van der Waals surface area (Å²) >= 11 is 0. The first-order chi connectivity index (χ1) is 10.8. The van der Waals surface area contributed by atoms with Crippen molar-refractivity contribution < 1.29 is 4.79 Å². The molecule has 1 aromatic heterocycles. The number of allylic oxidation sites excluding steroid dienone is 2. The fourth-order valence-electron chi connectivity index (χ4n) is 2.45. The largest absolute Gasteiger partial charge is 0.352 e. The highest BCUT2D eigenvalue weighted by atomic mass is 16.1. The Bertz CT molecular complexity index is 662. The molecule has 1 amide bonds. The van der Waals surface area contributed by atoms with E-state index in [1.54, 1.807) is 12.5 Å². The van der Waals surface area contributed by atoms with Crippen molar-refractivity contribution in [3.05, 3.63) is 59.7 Å². The smallest absolute Gasteiger partial charge is 0.251 e. The molecule has 2 aromatic rings. The van der Waals surface area contributed by atoms with Crippen molar-refractivity contribution in [2.45, 2.75) is 34.1 Å². The van der Waals surface area contributed by atoms with E-state index in [0.717, 1.165) is 17.7 Å². The number of nitrogens with zero attached hydrogens (tertiary/aromatic N) is 1. The first-order valence-electron chi connectivity index (χ1n) is 7.90. The highest BCUT2D eigenvalue weighted by Gasteiger charge is 2.09. The Morgan fingerprint density at radius 1 is 1.22 bits per heavy atom. The molecule has 0 aliphatic heterocycles. The molecule has 0 aliphatic carbocycles. The lowest BCUT2D eigenvalue weighted by atomic mass is 9.91. The van der Waals surface area contributed by atoms with Gasteiger partial charge in [-0.05, 0) is 35.6 Å². The molecule has 0 fully saturated rings. The fourth-order valence-corrected chi connectivity index (χ4v) is 2.45. The minimum Gasteiger partial charge on any atom is -0.352 e. The average molecular weight is 311 g/mol. The van der Waals surface area contributed by atoms with Crippen LogP contribution in [0.2, 0.25) is 0 Å². The molecule has 4 heteroatoms. The van der Waals surface area contributed by atoms with Crippen molar-refractivity contribution in [2.24, 2.45) is 5.41 Å². The molecule has 2 N–H and O–H groups in total. The summed E-state index contributed by atoms with van der Waals surface area (Å²) in [7, 11) is 0. The number of hydrogen-bond donors (Lipinski definition) is 2. The van der Waals surface area contributed by atoms with E-state index in [2.05, 4.69) is 49.1 Å². The molecule has 23 heavy (non-hydrogen) atoms. The molecule has 2 rings (SSSR count). The highest BCUT2D eigenvalue weighted by molar-refractivity contribution is 5.94.